The topological polar surface area (TPSA) is 50.9 Å². The first kappa shape index (κ1) is 9.84. The van der Waals surface area contributed by atoms with Crippen LogP contribution in [0.4, 0.5) is 0 Å². The molecule has 0 aliphatic carbocycles. The van der Waals surface area contributed by atoms with Gasteiger partial charge in [-0.25, -0.2) is 0 Å². The zero-order chi connectivity index (χ0) is 11.8. The maximum atomic E-state index is 9.78. The molecule has 1 aromatic heterocycles. The molecule has 0 fully saturated rings. The first-order valence-electron chi connectivity index (χ1n) is 5.28. The Kier molecular flexibility index (Phi) is 2.08. The van der Waals surface area contributed by atoms with Crippen LogP contribution in [0.1, 0.15) is 5.56 Å². The first-order chi connectivity index (χ1) is 8.24. The van der Waals surface area contributed by atoms with Gasteiger partial charge in [-0.05, 0) is 42.8 Å². The van der Waals surface area contributed by atoms with E-state index in [1.165, 1.54) is 10.9 Å². The second-order valence-corrected chi connectivity index (χ2v) is 3.86. The van der Waals surface area contributed by atoms with Crippen molar-refractivity contribution in [1.29, 1.82) is 0 Å². The lowest BCUT2D eigenvalue weighted by Crippen LogP contribution is -1.99. The lowest BCUT2D eigenvalue weighted by molar-refractivity contribution is 0.467. The molecule has 1 N–H and O–H groups in total. The predicted molar refractivity (Wildman–Crippen MR) is 64.1 cm³/mol. The van der Waals surface area contributed by atoms with Crippen molar-refractivity contribution in [2.24, 2.45) is 0 Å². The molecule has 0 unspecified atom stereocenters. The summed E-state index contributed by atoms with van der Waals surface area (Å²) in [4.78, 5) is 1.45. The van der Waals surface area contributed by atoms with Gasteiger partial charge >= 0.3 is 0 Å². The number of hydrogen-bond donors (Lipinski definition) is 1. The van der Waals surface area contributed by atoms with Gasteiger partial charge in [0.1, 0.15) is 22.5 Å². The molecule has 83 valence electrons. The van der Waals surface area contributed by atoms with Gasteiger partial charge in [0.25, 0.3) is 0 Å². The average molecular weight is 224 g/mol. The summed E-state index contributed by atoms with van der Waals surface area (Å²) in [6.45, 7) is 1.91. The molecule has 2 aromatic carbocycles. The van der Waals surface area contributed by atoms with Crippen LogP contribution in [0.25, 0.3) is 16.7 Å². The molecule has 4 nitrogen and oxygen atoms in total. The summed E-state index contributed by atoms with van der Waals surface area (Å²) in [6, 6.07) is 13.8. The third kappa shape index (κ3) is 1.63. The zero-order valence-electron chi connectivity index (χ0n) is 9.25. The van der Waals surface area contributed by atoms with Gasteiger partial charge < -0.3 is 5.11 Å². The van der Waals surface area contributed by atoms with E-state index in [4.69, 9.17) is 0 Å². The summed E-state index contributed by atoms with van der Waals surface area (Å²) >= 11 is 0. The summed E-state index contributed by atoms with van der Waals surface area (Å²) in [5.74, 6) is 0.121. The number of phenolic OH excluding ortho intramolecular Hbond substituents is 1. The van der Waals surface area contributed by atoms with Gasteiger partial charge in [-0.2, -0.15) is 0 Å². The third-order valence-corrected chi connectivity index (χ3v) is 2.55. The maximum absolute atomic E-state index is 9.78. The molecule has 1 radical (unpaired) electrons. The lowest BCUT2D eigenvalue weighted by Gasteiger charge is -2.03. The van der Waals surface area contributed by atoms with Crippen molar-refractivity contribution in [1.82, 2.24) is 15.0 Å². The van der Waals surface area contributed by atoms with Crippen molar-refractivity contribution in [2.75, 3.05) is 0 Å². The van der Waals surface area contributed by atoms with E-state index in [0.717, 1.165) is 16.6 Å². The molecular formula is C13H10N3O. The molecule has 0 aliphatic rings. The quantitative estimate of drug-likeness (QED) is 0.689. The fraction of sp³-hybridized carbons (Fsp3) is 0.0769. The normalized spacial score (nSPS) is 10.9. The smallest absolute Gasteiger partial charge is 0.143 e. The van der Waals surface area contributed by atoms with Crippen LogP contribution >= 0.6 is 0 Å². The Balaban J connectivity index is 2.23. The number of aryl methyl sites for hydroxylation is 1. The molecule has 3 aromatic rings. The van der Waals surface area contributed by atoms with Crippen LogP contribution in [0.3, 0.4) is 0 Å². The number of phenols is 1. The molecule has 0 bridgehead atoms. The van der Waals surface area contributed by atoms with Crippen LogP contribution in [-0.4, -0.2) is 20.1 Å². The molecule has 3 rings (SSSR count). The Morgan fingerprint density at radius 1 is 1.18 bits per heavy atom. The number of nitrogens with zero attached hydrogens (tertiary/aromatic N) is 3. The molecule has 0 atom stereocenters. The van der Waals surface area contributed by atoms with Crippen LogP contribution < -0.4 is 0 Å². The molecule has 1 heterocycles. The monoisotopic (exact) mass is 224 g/mol. The highest BCUT2D eigenvalue weighted by Crippen LogP contribution is 2.22. The third-order valence-electron chi connectivity index (χ3n) is 2.55. The molecule has 4 heteroatoms. The zero-order valence-corrected chi connectivity index (χ0v) is 9.25. The lowest BCUT2D eigenvalue weighted by atomic mass is 10.2. The Hall–Kier alpha value is -2.36. The number of fused-ring (bicyclic) bond motifs is 1. The van der Waals surface area contributed by atoms with Crippen molar-refractivity contribution in [3.05, 3.63) is 48.0 Å². The summed E-state index contributed by atoms with van der Waals surface area (Å²) < 4.78 is 0. The fourth-order valence-corrected chi connectivity index (χ4v) is 1.70. The first-order valence-corrected chi connectivity index (χ1v) is 5.28. The van der Waals surface area contributed by atoms with Gasteiger partial charge in [-0.3, -0.25) is 0 Å². The average Bonchev–Trinajstić information content (AvgIpc) is 2.75. The molecule has 0 saturated heterocycles. The number of hydrogen-bond acceptors (Lipinski definition) is 3. The minimum absolute atomic E-state index is 0.121. The SMILES string of the molecule is Cc1[c]cc(O)c(-n2nc3ccccc3n2)c1. The van der Waals surface area contributed by atoms with E-state index >= 15 is 0 Å². The molecule has 17 heavy (non-hydrogen) atoms. The second kappa shape index (κ2) is 3.59. The predicted octanol–water partition coefficient (Wildman–Crippen LogP) is 2.23. The highest BCUT2D eigenvalue weighted by molar-refractivity contribution is 5.73. The Labute approximate surface area is 98.1 Å². The minimum Gasteiger partial charge on any atom is -0.506 e. The summed E-state index contributed by atoms with van der Waals surface area (Å²) in [6.07, 6.45) is 0. The van der Waals surface area contributed by atoms with Gasteiger partial charge in [-0.15, -0.1) is 15.0 Å². The molecule has 0 saturated carbocycles. The van der Waals surface area contributed by atoms with Crippen molar-refractivity contribution < 1.29 is 5.11 Å². The van der Waals surface area contributed by atoms with E-state index in [0.29, 0.717) is 5.69 Å². The van der Waals surface area contributed by atoms with Crippen LogP contribution in [-0.2, 0) is 0 Å². The van der Waals surface area contributed by atoms with E-state index in [1.54, 1.807) is 6.07 Å². The van der Waals surface area contributed by atoms with E-state index in [1.807, 2.05) is 31.2 Å². The van der Waals surface area contributed by atoms with E-state index in [2.05, 4.69) is 16.3 Å². The van der Waals surface area contributed by atoms with Crippen LogP contribution in [0, 0.1) is 13.0 Å². The van der Waals surface area contributed by atoms with E-state index < -0.39 is 0 Å². The van der Waals surface area contributed by atoms with Crippen molar-refractivity contribution >= 4 is 11.0 Å². The fourth-order valence-electron chi connectivity index (χ4n) is 1.70. The highest BCUT2D eigenvalue weighted by atomic mass is 16.3. The van der Waals surface area contributed by atoms with Crippen LogP contribution in [0.5, 0.6) is 5.75 Å². The highest BCUT2D eigenvalue weighted by Gasteiger charge is 2.08. The standard InChI is InChI=1S/C13H10N3O/c1-9-6-7-13(17)12(8-9)16-14-10-4-2-3-5-11(10)15-16/h2-5,7-8,17H,1H3. The molecular weight excluding hydrogens is 214 g/mol. The van der Waals surface area contributed by atoms with Gasteiger partial charge in [-0.1, -0.05) is 12.1 Å². The van der Waals surface area contributed by atoms with Crippen molar-refractivity contribution in [3.8, 4) is 11.4 Å². The van der Waals surface area contributed by atoms with Gasteiger partial charge in [0.15, 0.2) is 0 Å². The summed E-state index contributed by atoms with van der Waals surface area (Å²) in [7, 11) is 0. The number of aromatic nitrogens is 3. The molecule has 0 aliphatic heterocycles. The van der Waals surface area contributed by atoms with Crippen molar-refractivity contribution in [2.45, 2.75) is 6.92 Å². The summed E-state index contributed by atoms with van der Waals surface area (Å²) in [5.41, 5.74) is 3.10. The van der Waals surface area contributed by atoms with Gasteiger partial charge in [0.2, 0.25) is 0 Å². The second-order valence-electron chi connectivity index (χ2n) is 3.86. The van der Waals surface area contributed by atoms with Gasteiger partial charge in [0.05, 0.1) is 0 Å². The Morgan fingerprint density at radius 2 is 1.82 bits per heavy atom. The largest absolute Gasteiger partial charge is 0.506 e. The Bertz CT molecular complexity index is 655. The number of rotatable bonds is 1. The van der Waals surface area contributed by atoms with Gasteiger partial charge in [0, 0.05) is 0 Å². The minimum atomic E-state index is 0.121. The van der Waals surface area contributed by atoms with Crippen LogP contribution in [0.2, 0.25) is 0 Å². The van der Waals surface area contributed by atoms with Crippen molar-refractivity contribution in [3.63, 3.8) is 0 Å². The molecule has 0 spiro atoms. The number of aromatic hydroxyl groups is 1. The van der Waals surface area contributed by atoms with Crippen LogP contribution in [0.15, 0.2) is 36.4 Å². The molecule has 0 amide bonds. The Morgan fingerprint density at radius 3 is 2.47 bits per heavy atom. The maximum Gasteiger partial charge on any atom is 0.143 e. The van der Waals surface area contributed by atoms with E-state index in [9.17, 15) is 5.11 Å². The number of benzene rings is 2. The van der Waals surface area contributed by atoms with E-state index in [-0.39, 0.29) is 5.75 Å². The summed E-state index contributed by atoms with van der Waals surface area (Å²) in [5, 5.41) is 18.4.